The molecule has 3 aliphatic rings. The minimum absolute atomic E-state index is 0.116. The van der Waals surface area contributed by atoms with Crippen LogP contribution in [0.5, 0.6) is 0 Å². The molecule has 2 atom stereocenters. The molecule has 12 nitrogen and oxygen atoms in total. The molecule has 2 aromatic rings. The van der Waals surface area contributed by atoms with Crippen LogP contribution in [-0.4, -0.2) is 101 Å². The molecule has 1 N–H and O–H groups in total. The van der Waals surface area contributed by atoms with Crippen molar-refractivity contribution < 1.29 is 31.8 Å². The summed E-state index contributed by atoms with van der Waals surface area (Å²) in [5.74, 6) is -2.31. The highest BCUT2D eigenvalue weighted by Crippen LogP contribution is 2.35. The summed E-state index contributed by atoms with van der Waals surface area (Å²) in [6.07, 6.45) is -2.35. The van der Waals surface area contributed by atoms with Gasteiger partial charge >= 0.3 is 6.18 Å². The molecule has 1 amide bonds. The van der Waals surface area contributed by atoms with E-state index in [0.717, 1.165) is 9.47 Å². The first-order valence-corrected chi connectivity index (χ1v) is 12.4. The Balaban J connectivity index is 0.000000438. The monoisotopic (exact) mass is 559 g/mol. The van der Waals surface area contributed by atoms with E-state index in [0.29, 0.717) is 13.2 Å². The maximum atomic E-state index is 15.0. The minimum Gasteiger partial charge on any atom is -0.378 e. The Morgan fingerprint density at radius 2 is 1.85 bits per heavy atom. The van der Waals surface area contributed by atoms with Crippen LogP contribution in [0, 0.1) is 5.82 Å². The third-order valence-corrected chi connectivity index (χ3v) is 6.62. The van der Waals surface area contributed by atoms with Gasteiger partial charge in [0, 0.05) is 38.4 Å². The summed E-state index contributed by atoms with van der Waals surface area (Å²) in [5.41, 5.74) is -1.16. The largest absolute Gasteiger partial charge is 0.408 e. The molecule has 5 rings (SSSR count). The van der Waals surface area contributed by atoms with Gasteiger partial charge in [-0.15, -0.1) is 0 Å². The molecule has 0 aromatic carbocycles. The number of carbonyl (C=O) groups excluding carboxylic acids is 1. The summed E-state index contributed by atoms with van der Waals surface area (Å²) < 4.78 is 68.0. The van der Waals surface area contributed by atoms with Crippen molar-refractivity contribution in [3.63, 3.8) is 0 Å². The normalized spacial score (nSPS) is 21.6. The lowest BCUT2D eigenvalue weighted by Crippen LogP contribution is -2.57. The number of aromatic amines is 1. The number of H-pyrrole nitrogens is 1. The fourth-order valence-corrected chi connectivity index (χ4v) is 4.59. The summed E-state index contributed by atoms with van der Waals surface area (Å²) in [4.78, 5) is 49.6. The summed E-state index contributed by atoms with van der Waals surface area (Å²) in [6, 6.07) is -0.974. The second kappa shape index (κ2) is 12.1. The molecule has 16 heteroatoms. The standard InChI is InChI=1S/C19H25F4N5O4.C4H4N2O/c1-12-11-32-9-6-26(12)16-15(20)17(30)27-3-2-13(19(21,22)23)28(18(27)24-16)10-14(29)25-4-7-31-8-5-25;7-4-1-2-5-3-6-4/h12-13H,2-11H2,1H3;1-3H,(H,5,6,7)/t12-,13+;/m1./s1. The molecule has 0 saturated carbocycles. The Bertz CT molecular complexity index is 1250. The lowest BCUT2D eigenvalue weighted by atomic mass is 10.1. The average Bonchev–Trinajstić information content (AvgIpc) is 2.92. The molecule has 214 valence electrons. The van der Waals surface area contributed by atoms with Crippen molar-refractivity contribution in [1.82, 2.24) is 24.4 Å². The molecule has 0 bridgehead atoms. The first-order chi connectivity index (χ1) is 18.6. The number of aromatic nitrogens is 4. The van der Waals surface area contributed by atoms with Gasteiger partial charge in [-0.25, -0.2) is 4.98 Å². The number of amides is 1. The molecule has 0 radical (unpaired) electrons. The van der Waals surface area contributed by atoms with E-state index >= 15 is 0 Å². The second-order valence-corrected chi connectivity index (χ2v) is 9.19. The molecule has 3 aliphatic heterocycles. The zero-order valence-corrected chi connectivity index (χ0v) is 21.2. The number of ether oxygens (including phenoxy) is 2. The van der Waals surface area contributed by atoms with Gasteiger partial charge in [-0.05, 0) is 13.3 Å². The Hall–Kier alpha value is -3.53. The molecule has 0 unspecified atom stereocenters. The maximum Gasteiger partial charge on any atom is 0.408 e. The van der Waals surface area contributed by atoms with E-state index in [1.807, 2.05) is 0 Å². The number of hydrogen-bond donors (Lipinski definition) is 1. The molecule has 5 heterocycles. The molecule has 2 fully saturated rings. The number of nitrogens with one attached hydrogen (secondary N) is 1. The zero-order valence-electron chi connectivity index (χ0n) is 21.2. The van der Waals surface area contributed by atoms with Gasteiger partial charge in [0.05, 0.1) is 38.8 Å². The fourth-order valence-electron chi connectivity index (χ4n) is 4.59. The van der Waals surface area contributed by atoms with Gasteiger partial charge in [0.2, 0.25) is 17.7 Å². The number of halogens is 4. The average molecular weight is 560 g/mol. The zero-order chi connectivity index (χ0) is 28.2. The molecular weight excluding hydrogens is 530 g/mol. The van der Waals surface area contributed by atoms with Crippen molar-refractivity contribution in [2.24, 2.45) is 0 Å². The van der Waals surface area contributed by atoms with Crippen LogP contribution in [0.3, 0.4) is 0 Å². The number of nitrogens with zero attached hydrogens (tertiary/aromatic N) is 6. The Kier molecular flexibility index (Phi) is 8.84. The summed E-state index contributed by atoms with van der Waals surface area (Å²) in [6.45, 7) is 2.69. The van der Waals surface area contributed by atoms with Crippen molar-refractivity contribution in [2.45, 2.75) is 38.1 Å². The van der Waals surface area contributed by atoms with E-state index < -0.39 is 42.5 Å². The van der Waals surface area contributed by atoms with Gasteiger partial charge in [-0.3, -0.25) is 19.0 Å². The van der Waals surface area contributed by atoms with E-state index in [1.54, 1.807) is 6.92 Å². The third-order valence-electron chi connectivity index (χ3n) is 6.62. The number of carbonyl (C=O) groups is 1. The Labute approximate surface area is 220 Å². The number of morpholine rings is 2. The van der Waals surface area contributed by atoms with E-state index in [-0.39, 0.29) is 62.8 Å². The second-order valence-electron chi connectivity index (χ2n) is 9.19. The topological polar surface area (TPSA) is 126 Å². The Morgan fingerprint density at radius 3 is 2.44 bits per heavy atom. The first kappa shape index (κ1) is 28.5. The van der Waals surface area contributed by atoms with Crippen molar-refractivity contribution in [3.8, 4) is 0 Å². The first-order valence-electron chi connectivity index (χ1n) is 12.4. The molecule has 39 heavy (non-hydrogen) atoms. The Morgan fingerprint density at radius 1 is 1.13 bits per heavy atom. The van der Waals surface area contributed by atoms with E-state index in [1.165, 1.54) is 28.4 Å². The van der Waals surface area contributed by atoms with Gasteiger partial charge in [0.25, 0.3) is 11.1 Å². The van der Waals surface area contributed by atoms with Crippen molar-refractivity contribution in [3.05, 3.63) is 45.1 Å². The molecule has 2 aromatic heterocycles. The number of anilines is 2. The van der Waals surface area contributed by atoms with Crippen LogP contribution in [0.1, 0.15) is 13.3 Å². The lowest BCUT2D eigenvalue weighted by Gasteiger charge is -2.41. The van der Waals surface area contributed by atoms with E-state index in [2.05, 4.69) is 15.0 Å². The van der Waals surface area contributed by atoms with Crippen LogP contribution in [-0.2, 0) is 20.8 Å². The molecule has 2 saturated heterocycles. The van der Waals surface area contributed by atoms with Crippen LogP contribution in [0.15, 0.2) is 28.2 Å². The molecular formula is C23H29F4N7O5. The minimum atomic E-state index is -4.66. The predicted molar refractivity (Wildman–Crippen MR) is 130 cm³/mol. The van der Waals surface area contributed by atoms with Crippen LogP contribution in [0.2, 0.25) is 0 Å². The van der Waals surface area contributed by atoms with Gasteiger partial charge in [-0.1, -0.05) is 0 Å². The molecule has 0 aliphatic carbocycles. The SMILES string of the molecule is C[C@@H]1COCCN1c1nc2n(c(=O)c1F)CC[C@@H](C(F)(F)F)N2CC(=O)N1CCOCC1.O=c1ccnc[nH]1. The van der Waals surface area contributed by atoms with E-state index in [4.69, 9.17) is 9.47 Å². The number of hydrogen-bond acceptors (Lipinski definition) is 9. The predicted octanol–water partition coefficient (Wildman–Crippen LogP) is 0.377. The van der Waals surface area contributed by atoms with Crippen LogP contribution in [0.4, 0.5) is 29.3 Å². The van der Waals surface area contributed by atoms with Gasteiger partial charge < -0.3 is 29.2 Å². The van der Waals surface area contributed by atoms with Crippen LogP contribution in [0.25, 0.3) is 0 Å². The highest BCUT2D eigenvalue weighted by atomic mass is 19.4. The van der Waals surface area contributed by atoms with Crippen molar-refractivity contribution in [1.29, 1.82) is 0 Å². The van der Waals surface area contributed by atoms with Gasteiger partial charge in [-0.2, -0.15) is 22.5 Å². The number of rotatable bonds is 3. The van der Waals surface area contributed by atoms with Gasteiger partial charge in [0.1, 0.15) is 12.6 Å². The summed E-state index contributed by atoms with van der Waals surface area (Å²) in [7, 11) is 0. The fraction of sp³-hybridized carbons (Fsp3) is 0.609. The van der Waals surface area contributed by atoms with Crippen LogP contribution < -0.4 is 20.9 Å². The number of alkyl halides is 3. The maximum absolute atomic E-state index is 15.0. The number of fused-ring (bicyclic) bond motifs is 1. The highest BCUT2D eigenvalue weighted by molar-refractivity contribution is 5.81. The van der Waals surface area contributed by atoms with Gasteiger partial charge in [0.15, 0.2) is 5.82 Å². The third kappa shape index (κ3) is 6.55. The quantitative estimate of drug-likeness (QED) is 0.531. The smallest absolute Gasteiger partial charge is 0.378 e. The lowest BCUT2D eigenvalue weighted by molar-refractivity contribution is -0.154. The molecule has 0 spiro atoms. The summed E-state index contributed by atoms with van der Waals surface area (Å²) in [5, 5.41) is 0. The van der Waals surface area contributed by atoms with Crippen LogP contribution >= 0.6 is 0 Å². The summed E-state index contributed by atoms with van der Waals surface area (Å²) >= 11 is 0. The van der Waals surface area contributed by atoms with E-state index in [9.17, 15) is 31.9 Å². The highest BCUT2D eigenvalue weighted by Gasteiger charge is 2.48. The van der Waals surface area contributed by atoms with Crippen molar-refractivity contribution in [2.75, 3.05) is 62.4 Å². The van der Waals surface area contributed by atoms with Crippen molar-refractivity contribution >= 4 is 17.7 Å².